The number of benzene rings is 1. The van der Waals surface area contributed by atoms with Crippen LogP contribution in [0.3, 0.4) is 0 Å². The van der Waals surface area contributed by atoms with Crippen molar-refractivity contribution in [1.82, 2.24) is 15.1 Å². The third-order valence-corrected chi connectivity index (χ3v) is 6.86. The summed E-state index contributed by atoms with van der Waals surface area (Å²) in [6.45, 7) is 5.12. The molecule has 8 nitrogen and oxygen atoms in total. The maximum absolute atomic E-state index is 14.9. The third kappa shape index (κ3) is 5.27. The van der Waals surface area contributed by atoms with Crippen molar-refractivity contribution >= 4 is 23.4 Å². The molecule has 3 N–H and O–H groups in total. The molecule has 32 heavy (non-hydrogen) atoms. The Morgan fingerprint density at radius 3 is 2.44 bits per heavy atom. The number of anilines is 1. The maximum Gasteiger partial charge on any atom is 0.234 e. The van der Waals surface area contributed by atoms with E-state index in [9.17, 15) is 18.8 Å². The minimum atomic E-state index is -0.485. The number of hydrogen-bond acceptors (Lipinski definition) is 6. The van der Waals surface area contributed by atoms with E-state index in [4.69, 9.17) is 5.73 Å². The molecule has 1 aromatic rings. The number of likely N-dealkylation sites (tertiary alicyclic amines) is 1. The number of halogens is 1. The van der Waals surface area contributed by atoms with E-state index in [0.29, 0.717) is 43.7 Å². The van der Waals surface area contributed by atoms with Crippen molar-refractivity contribution in [3.8, 4) is 0 Å². The standard InChI is InChI=1S/C23H32FN5O3/c24-19-15-16(18-2-4-21(30)26-23(18)32)1-3-20(19)28-13-11-27(12-14-28)8-7-22(31)29-9-5-17(25)6-10-29/h1,3,15,17-18H,2,4-14,25H2,(H,26,30,32). The van der Waals surface area contributed by atoms with Crippen LogP contribution in [-0.4, -0.2) is 79.4 Å². The number of nitrogens with one attached hydrogen (secondary N) is 1. The zero-order chi connectivity index (χ0) is 22.7. The summed E-state index contributed by atoms with van der Waals surface area (Å²) in [4.78, 5) is 42.0. The van der Waals surface area contributed by atoms with E-state index in [1.807, 2.05) is 9.80 Å². The molecule has 0 aliphatic carbocycles. The molecule has 1 aromatic carbocycles. The van der Waals surface area contributed by atoms with Gasteiger partial charge in [0.05, 0.1) is 11.6 Å². The Hall–Kier alpha value is -2.52. The average Bonchev–Trinajstić information content (AvgIpc) is 2.78. The molecule has 1 atom stereocenters. The van der Waals surface area contributed by atoms with Crippen molar-refractivity contribution in [1.29, 1.82) is 0 Å². The molecule has 0 radical (unpaired) electrons. The van der Waals surface area contributed by atoms with E-state index in [2.05, 4.69) is 10.2 Å². The first-order chi connectivity index (χ1) is 15.4. The van der Waals surface area contributed by atoms with Crippen LogP contribution in [0, 0.1) is 5.82 Å². The lowest BCUT2D eigenvalue weighted by Gasteiger charge is -2.37. The lowest BCUT2D eigenvalue weighted by atomic mass is 9.90. The van der Waals surface area contributed by atoms with Gasteiger partial charge in [-0.1, -0.05) is 6.07 Å². The molecule has 3 aliphatic rings. The fourth-order valence-electron chi connectivity index (χ4n) is 4.78. The zero-order valence-electron chi connectivity index (χ0n) is 18.4. The van der Waals surface area contributed by atoms with E-state index in [1.165, 1.54) is 6.07 Å². The van der Waals surface area contributed by atoms with Crippen molar-refractivity contribution in [3.05, 3.63) is 29.6 Å². The van der Waals surface area contributed by atoms with E-state index in [-0.39, 0.29) is 36.0 Å². The van der Waals surface area contributed by atoms with Crippen LogP contribution < -0.4 is 16.0 Å². The van der Waals surface area contributed by atoms with Gasteiger partial charge in [0.2, 0.25) is 17.7 Å². The fraction of sp³-hybridized carbons (Fsp3) is 0.609. The van der Waals surface area contributed by atoms with Crippen LogP contribution in [0.25, 0.3) is 0 Å². The highest BCUT2D eigenvalue weighted by Gasteiger charge is 2.29. The molecular formula is C23H32FN5O3. The first-order valence-corrected chi connectivity index (χ1v) is 11.5. The quantitative estimate of drug-likeness (QED) is 0.651. The molecule has 9 heteroatoms. The van der Waals surface area contributed by atoms with Crippen molar-refractivity contribution in [2.75, 3.05) is 50.7 Å². The number of hydrogen-bond donors (Lipinski definition) is 2. The summed E-state index contributed by atoms with van der Waals surface area (Å²) >= 11 is 0. The number of carbonyl (C=O) groups is 3. The monoisotopic (exact) mass is 445 g/mol. The first-order valence-electron chi connectivity index (χ1n) is 11.5. The van der Waals surface area contributed by atoms with Crippen LogP contribution in [0.4, 0.5) is 10.1 Å². The fourth-order valence-corrected chi connectivity index (χ4v) is 4.78. The average molecular weight is 446 g/mol. The van der Waals surface area contributed by atoms with Gasteiger partial charge in [0.25, 0.3) is 0 Å². The van der Waals surface area contributed by atoms with E-state index >= 15 is 0 Å². The number of piperidine rings is 2. The summed E-state index contributed by atoms with van der Waals surface area (Å²) in [5, 5.41) is 2.32. The molecule has 3 heterocycles. The van der Waals surface area contributed by atoms with Gasteiger partial charge in [0, 0.05) is 64.7 Å². The van der Waals surface area contributed by atoms with Crippen LogP contribution in [0.2, 0.25) is 0 Å². The maximum atomic E-state index is 14.9. The summed E-state index contributed by atoms with van der Waals surface area (Å²) < 4.78 is 14.9. The zero-order valence-corrected chi connectivity index (χ0v) is 18.4. The molecule has 0 aromatic heterocycles. The van der Waals surface area contributed by atoms with Gasteiger partial charge >= 0.3 is 0 Å². The lowest BCUT2D eigenvalue weighted by Crippen LogP contribution is -2.48. The normalized spacial score (nSPS) is 23.4. The van der Waals surface area contributed by atoms with Crippen LogP contribution in [0.5, 0.6) is 0 Å². The predicted molar refractivity (Wildman–Crippen MR) is 119 cm³/mol. The number of amides is 3. The molecule has 3 amide bonds. The molecule has 0 bridgehead atoms. The van der Waals surface area contributed by atoms with Gasteiger partial charge in [0.1, 0.15) is 5.82 Å². The van der Waals surface area contributed by atoms with Crippen molar-refractivity contribution in [2.24, 2.45) is 5.73 Å². The Labute approximate surface area is 187 Å². The van der Waals surface area contributed by atoms with Gasteiger partial charge in [-0.15, -0.1) is 0 Å². The molecule has 3 aliphatic heterocycles. The summed E-state index contributed by atoms with van der Waals surface area (Å²) in [7, 11) is 0. The number of piperazine rings is 1. The number of rotatable bonds is 5. The van der Waals surface area contributed by atoms with E-state index in [0.717, 1.165) is 39.0 Å². The number of nitrogens with two attached hydrogens (primary N) is 1. The number of imide groups is 1. The molecule has 0 saturated carbocycles. The van der Waals surface area contributed by atoms with Gasteiger partial charge in [-0.2, -0.15) is 0 Å². The summed E-state index contributed by atoms with van der Waals surface area (Å²) in [6, 6.07) is 5.15. The Balaban J connectivity index is 1.26. The Morgan fingerprint density at radius 1 is 1.06 bits per heavy atom. The molecular weight excluding hydrogens is 413 g/mol. The highest BCUT2D eigenvalue weighted by Crippen LogP contribution is 2.29. The topological polar surface area (TPSA) is 99.0 Å². The molecule has 3 saturated heterocycles. The van der Waals surface area contributed by atoms with Crippen LogP contribution in [0.15, 0.2) is 18.2 Å². The Morgan fingerprint density at radius 2 is 1.78 bits per heavy atom. The van der Waals surface area contributed by atoms with Crippen LogP contribution in [0.1, 0.15) is 43.6 Å². The van der Waals surface area contributed by atoms with Gasteiger partial charge in [-0.3, -0.25) is 24.6 Å². The Bertz CT molecular complexity index is 863. The van der Waals surface area contributed by atoms with Crippen molar-refractivity contribution < 1.29 is 18.8 Å². The SMILES string of the molecule is NC1CCN(C(=O)CCN2CCN(c3ccc(C4CCC(=O)NC4=O)cc3F)CC2)CC1. The molecule has 3 fully saturated rings. The smallest absolute Gasteiger partial charge is 0.234 e. The highest BCUT2D eigenvalue weighted by molar-refractivity contribution is 6.00. The van der Waals surface area contributed by atoms with Crippen molar-refractivity contribution in [3.63, 3.8) is 0 Å². The Kier molecular flexibility index (Phi) is 7.05. The van der Waals surface area contributed by atoms with Gasteiger partial charge in [-0.05, 0) is 37.0 Å². The van der Waals surface area contributed by atoms with Gasteiger partial charge < -0.3 is 15.5 Å². The largest absolute Gasteiger partial charge is 0.367 e. The van der Waals surface area contributed by atoms with E-state index in [1.54, 1.807) is 12.1 Å². The van der Waals surface area contributed by atoms with Gasteiger partial charge in [-0.25, -0.2) is 4.39 Å². The molecule has 0 spiro atoms. The second-order valence-electron chi connectivity index (χ2n) is 9.01. The van der Waals surface area contributed by atoms with Crippen LogP contribution >= 0.6 is 0 Å². The van der Waals surface area contributed by atoms with E-state index < -0.39 is 5.92 Å². The first kappa shape index (κ1) is 22.7. The third-order valence-electron chi connectivity index (χ3n) is 6.86. The molecule has 4 rings (SSSR count). The van der Waals surface area contributed by atoms with Crippen molar-refractivity contribution in [2.45, 2.75) is 44.1 Å². The van der Waals surface area contributed by atoms with Gasteiger partial charge in [0.15, 0.2) is 0 Å². The number of carbonyl (C=O) groups excluding carboxylic acids is 3. The lowest BCUT2D eigenvalue weighted by molar-refractivity contribution is -0.134. The highest BCUT2D eigenvalue weighted by atomic mass is 19.1. The second kappa shape index (κ2) is 9.95. The summed E-state index contributed by atoms with van der Waals surface area (Å²) in [6.07, 6.45) is 2.93. The summed E-state index contributed by atoms with van der Waals surface area (Å²) in [5.74, 6) is -1.28. The minimum Gasteiger partial charge on any atom is -0.367 e. The number of nitrogens with zero attached hydrogens (tertiary/aromatic N) is 3. The minimum absolute atomic E-state index is 0.189. The second-order valence-corrected chi connectivity index (χ2v) is 9.01. The van der Waals surface area contributed by atoms with Crippen LogP contribution in [-0.2, 0) is 14.4 Å². The molecule has 174 valence electrons. The summed E-state index contributed by atoms with van der Waals surface area (Å²) in [5.41, 5.74) is 7.04. The predicted octanol–water partition coefficient (Wildman–Crippen LogP) is 0.808. The molecule has 1 unspecified atom stereocenters.